The maximum absolute atomic E-state index is 13.7. The number of amides is 2. The Morgan fingerprint density at radius 3 is 2.32 bits per heavy atom. The van der Waals surface area contributed by atoms with Crippen molar-refractivity contribution in [2.75, 3.05) is 18.5 Å². The van der Waals surface area contributed by atoms with Crippen LogP contribution in [0.15, 0.2) is 30.3 Å². The van der Waals surface area contributed by atoms with Crippen molar-refractivity contribution in [1.82, 2.24) is 5.32 Å². The smallest absolute Gasteiger partial charge is 0.258 e. The molecule has 180 valence electrons. The van der Waals surface area contributed by atoms with Gasteiger partial charge in [0.15, 0.2) is 24.0 Å². The van der Waals surface area contributed by atoms with E-state index in [-0.39, 0.29) is 40.5 Å². The van der Waals surface area contributed by atoms with Crippen LogP contribution in [-0.4, -0.2) is 41.5 Å². The van der Waals surface area contributed by atoms with Crippen LogP contribution in [-0.2, 0) is 9.59 Å². The number of carbonyl (C=O) groups excluding carboxylic acids is 3. The predicted molar refractivity (Wildman–Crippen MR) is 115 cm³/mol. The molecule has 2 aromatic carbocycles. The van der Waals surface area contributed by atoms with E-state index < -0.39 is 47.2 Å². The Hall–Kier alpha value is -3.11. The van der Waals surface area contributed by atoms with E-state index in [1.54, 1.807) is 0 Å². The average Bonchev–Trinajstić information content (AvgIpc) is 2.74. The highest BCUT2D eigenvalue weighted by atomic mass is 35.5. The molecule has 3 aliphatic carbocycles. The van der Waals surface area contributed by atoms with Crippen LogP contribution in [0.25, 0.3) is 0 Å². The van der Waals surface area contributed by atoms with Crippen LogP contribution in [0.5, 0.6) is 5.75 Å². The molecule has 0 unspecified atom stereocenters. The molecule has 0 saturated heterocycles. The van der Waals surface area contributed by atoms with Crippen LogP contribution >= 0.6 is 11.6 Å². The first-order valence-corrected chi connectivity index (χ1v) is 10.7. The van der Waals surface area contributed by atoms with Gasteiger partial charge in [-0.2, -0.15) is 0 Å². The van der Waals surface area contributed by atoms with Crippen molar-refractivity contribution in [1.29, 1.82) is 0 Å². The summed E-state index contributed by atoms with van der Waals surface area (Å²) in [5.74, 6) is -4.72. The number of aliphatic hydroxyl groups is 1. The lowest BCUT2D eigenvalue weighted by molar-refractivity contribution is -0.164. The van der Waals surface area contributed by atoms with Gasteiger partial charge in [-0.3, -0.25) is 14.4 Å². The Labute approximate surface area is 197 Å². The SMILES string of the molecule is O=C(CO)Nc1cc(F)c(F)cc1C(=O)CC12CC(NC(=O)COc3ccc(Cl)c(F)c3)(C1)C2. The molecule has 3 N–H and O–H groups in total. The average molecular weight is 497 g/mol. The zero-order valence-electron chi connectivity index (χ0n) is 17.7. The predicted octanol–water partition coefficient (Wildman–Crippen LogP) is 3.38. The van der Waals surface area contributed by atoms with Gasteiger partial charge in [0.25, 0.3) is 5.91 Å². The van der Waals surface area contributed by atoms with Crippen molar-refractivity contribution in [3.8, 4) is 5.75 Å². The van der Waals surface area contributed by atoms with Crippen molar-refractivity contribution in [2.24, 2.45) is 5.41 Å². The van der Waals surface area contributed by atoms with E-state index in [9.17, 15) is 27.6 Å². The lowest BCUT2D eigenvalue weighted by Crippen LogP contribution is -2.75. The number of halogens is 4. The Balaban J connectivity index is 1.31. The molecule has 0 radical (unpaired) electrons. The van der Waals surface area contributed by atoms with Gasteiger partial charge in [-0.1, -0.05) is 11.6 Å². The van der Waals surface area contributed by atoms with E-state index in [0.717, 1.165) is 12.1 Å². The van der Waals surface area contributed by atoms with Crippen LogP contribution in [0.3, 0.4) is 0 Å². The minimum absolute atomic E-state index is 0.0260. The second kappa shape index (κ2) is 8.92. The number of aliphatic hydroxyl groups excluding tert-OH is 1. The number of rotatable bonds is 9. The number of Topliss-reactive ketones (excluding diaryl/α,β-unsaturated/α-hetero) is 1. The fraction of sp³-hybridized carbons (Fsp3) is 0.348. The molecule has 3 fully saturated rings. The second-order valence-corrected chi connectivity index (χ2v) is 9.25. The van der Waals surface area contributed by atoms with Crippen molar-refractivity contribution >= 4 is 34.9 Å². The van der Waals surface area contributed by atoms with Gasteiger partial charge in [-0.05, 0) is 42.9 Å². The largest absolute Gasteiger partial charge is 0.484 e. The quantitative estimate of drug-likeness (QED) is 0.462. The molecule has 11 heteroatoms. The fourth-order valence-electron chi connectivity index (χ4n) is 4.87. The summed E-state index contributed by atoms with van der Waals surface area (Å²) in [7, 11) is 0. The third-order valence-corrected chi connectivity index (χ3v) is 6.43. The molecule has 3 aliphatic rings. The molecule has 5 rings (SSSR count). The summed E-state index contributed by atoms with van der Waals surface area (Å²) in [6.45, 7) is -1.20. The number of ether oxygens (including phenoxy) is 1. The van der Waals surface area contributed by atoms with E-state index in [4.69, 9.17) is 21.4 Å². The van der Waals surface area contributed by atoms with E-state index in [0.29, 0.717) is 25.3 Å². The van der Waals surface area contributed by atoms with Gasteiger partial charge in [0.1, 0.15) is 18.2 Å². The number of benzene rings is 2. The van der Waals surface area contributed by atoms with Gasteiger partial charge in [0.05, 0.1) is 10.7 Å². The molecular weight excluding hydrogens is 477 g/mol. The number of ketones is 1. The summed E-state index contributed by atoms with van der Waals surface area (Å²) in [4.78, 5) is 36.5. The highest BCUT2D eigenvalue weighted by Crippen LogP contribution is 2.69. The standard InChI is InChI=1S/C23H20ClF3N2O5/c24-14-2-1-12(3-15(14)25)34-8-21(33)29-23-9-22(10-23,11-23)6-19(31)13-4-16(26)17(27)5-18(13)28-20(32)7-30/h1-5,30H,6-11H2,(H,28,32)(H,29,33). The van der Waals surface area contributed by atoms with Gasteiger partial charge in [-0.25, -0.2) is 13.2 Å². The Morgan fingerprint density at radius 1 is 1.00 bits per heavy atom. The van der Waals surface area contributed by atoms with Gasteiger partial charge >= 0.3 is 0 Å². The number of hydrogen-bond donors (Lipinski definition) is 3. The third kappa shape index (κ3) is 4.74. The normalized spacial score (nSPS) is 22.3. The minimum atomic E-state index is -1.24. The lowest BCUT2D eigenvalue weighted by atomic mass is 9.38. The molecule has 0 atom stereocenters. The van der Waals surface area contributed by atoms with E-state index in [2.05, 4.69) is 10.6 Å². The van der Waals surface area contributed by atoms with E-state index in [1.165, 1.54) is 12.1 Å². The molecule has 0 spiro atoms. The minimum Gasteiger partial charge on any atom is -0.484 e. The van der Waals surface area contributed by atoms with Crippen LogP contribution < -0.4 is 15.4 Å². The number of hydrogen-bond acceptors (Lipinski definition) is 5. The molecule has 0 heterocycles. The van der Waals surface area contributed by atoms with Crippen molar-refractivity contribution in [2.45, 2.75) is 31.2 Å². The third-order valence-electron chi connectivity index (χ3n) is 6.12. The Bertz CT molecular complexity index is 1170. The zero-order chi connectivity index (χ0) is 24.7. The van der Waals surface area contributed by atoms with Gasteiger partial charge in [-0.15, -0.1) is 0 Å². The van der Waals surface area contributed by atoms with Crippen LogP contribution in [0, 0.1) is 22.9 Å². The molecule has 2 bridgehead atoms. The molecular formula is C23H20ClF3N2O5. The molecule has 34 heavy (non-hydrogen) atoms. The fourth-order valence-corrected chi connectivity index (χ4v) is 4.99. The summed E-state index contributed by atoms with van der Waals surface area (Å²) >= 11 is 5.60. The number of anilines is 1. The first-order chi connectivity index (χ1) is 16.0. The first-order valence-electron chi connectivity index (χ1n) is 10.4. The van der Waals surface area contributed by atoms with Gasteiger partial charge in [0, 0.05) is 29.7 Å². The van der Waals surface area contributed by atoms with Gasteiger partial charge in [0.2, 0.25) is 5.91 Å². The van der Waals surface area contributed by atoms with Crippen molar-refractivity contribution in [3.05, 3.63) is 58.4 Å². The van der Waals surface area contributed by atoms with E-state index in [1.807, 2.05) is 0 Å². The molecule has 7 nitrogen and oxygen atoms in total. The molecule has 0 aromatic heterocycles. The van der Waals surface area contributed by atoms with Crippen molar-refractivity contribution in [3.63, 3.8) is 0 Å². The molecule has 3 saturated carbocycles. The lowest BCUT2D eigenvalue weighted by Gasteiger charge is -2.70. The summed E-state index contributed by atoms with van der Waals surface area (Å²) in [5.41, 5.74) is -1.25. The maximum Gasteiger partial charge on any atom is 0.258 e. The first kappa shape index (κ1) is 24.0. The van der Waals surface area contributed by atoms with Crippen LogP contribution in [0.1, 0.15) is 36.0 Å². The zero-order valence-corrected chi connectivity index (χ0v) is 18.5. The molecule has 0 aliphatic heterocycles. The summed E-state index contributed by atoms with van der Waals surface area (Å²) in [6.07, 6.45) is 1.59. The number of nitrogens with one attached hydrogen (secondary N) is 2. The monoisotopic (exact) mass is 496 g/mol. The van der Waals surface area contributed by atoms with Gasteiger partial charge < -0.3 is 20.5 Å². The summed E-state index contributed by atoms with van der Waals surface area (Å²) in [5, 5.41) is 13.9. The molecule has 2 amide bonds. The summed E-state index contributed by atoms with van der Waals surface area (Å²) < 4.78 is 46.1. The van der Waals surface area contributed by atoms with Crippen molar-refractivity contribution < 1.29 is 37.4 Å². The highest BCUT2D eigenvalue weighted by molar-refractivity contribution is 6.30. The Kier molecular flexibility index (Phi) is 6.30. The Morgan fingerprint density at radius 2 is 1.68 bits per heavy atom. The summed E-state index contributed by atoms with van der Waals surface area (Å²) in [6, 6.07) is 5.26. The molecule has 2 aromatic rings. The highest BCUT2D eigenvalue weighted by Gasteiger charge is 2.68. The number of carbonyl (C=O) groups is 3. The van der Waals surface area contributed by atoms with E-state index >= 15 is 0 Å². The van der Waals surface area contributed by atoms with Crippen LogP contribution in [0.2, 0.25) is 5.02 Å². The van der Waals surface area contributed by atoms with Crippen LogP contribution in [0.4, 0.5) is 18.9 Å². The second-order valence-electron chi connectivity index (χ2n) is 8.84. The maximum atomic E-state index is 13.7. The topological polar surface area (TPSA) is 105 Å².